The van der Waals surface area contributed by atoms with Crippen LogP contribution in [0.25, 0.3) is 0 Å². The van der Waals surface area contributed by atoms with Gasteiger partial charge < -0.3 is 25.2 Å². The first-order chi connectivity index (χ1) is 20.3. The molecule has 1 aromatic heterocycles. The number of nitrogen functional groups attached to an aromatic ring is 1. The van der Waals surface area contributed by atoms with Crippen LogP contribution in [0.5, 0.6) is 6.01 Å². The number of benzene rings is 1. The van der Waals surface area contributed by atoms with E-state index in [0.717, 1.165) is 31.0 Å². The normalized spacial score (nSPS) is 24.7. The fraction of sp³-hybridized carbons (Fsp3) is 0.581. The average molecular weight is 605 g/mol. The topological polar surface area (TPSA) is 87.8 Å². The van der Waals surface area contributed by atoms with E-state index in [2.05, 4.69) is 16.4 Å². The quantitative estimate of drug-likeness (QED) is 0.290. The van der Waals surface area contributed by atoms with Crippen molar-refractivity contribution in [2.45, 2.75) is 70.6 Å². The summed E-state index contributed by atoms with van der Waals surface area (Å²) < 4.78 is 64.6. The summed E-state index contributed by atoms with van der Waals surface area (Å²) >= 11 is 0. The molecule has 2 aromatic rings. The maximum absolute atomic E-state index is 15.5. The molecule has 1 aromatic carbocycles. The highest BCUT2D eigenvalue weighted by Crippen LogP contribution is 2.47. The van der Waals surface area contributed by atoms with E-state index < -0.39 is 29.0 Å². The SMILES string of the molecule is C=CC(=O)N1CCN(c2nc(OCC3CCCN3C)nc3c2C[C@@H](C)[C@H](c2c(F)c(N)cc(C)c2C(F)(F)F)C3)C(C)C1. The second-order valence-corrected chi connectivity index (χ2v) is 12.2. The summed E-state index contributed by atoms with van der Waals surface area (Å²) in [5.41, 5.74) is 5.46. The number of halogens is 4. The molecule has 0 bridgehead atoms. The zero-order valence-corrected chi connectivity index (χ0v) is 25.2. The second kappa shape index (κ2) is 11.9. The minimum Gasteiger partial charge on any atom is -0.462 e. The molecule has 3 aliphatic rings. The summed E-state index contributed by atoms with van der Waals surface area (Å²) in [6.45, 7) is 11.5. The molecule has 5 rings (SSSR count). The lowest BCUT2D eigenvalue weighted by molar-refractivity contribution is -0.139. The number of nitrogens with zero attached hydrogens (tertiary/aromatic N) is 5. The van der Waals surface area contributed by atoms with Crippen molar-refractivity contribution in [2.75, 3.05) is 50.5 Å². The van der Waals surface area contributed by atoms with Crippen LogP contribution >= 0.6 is 0 Å². The van der Waals surface area contributed by atoms with Crippen molar-refractivity contribution < 1.29 is 27.1 Å². The lowest BCUT2D eigenvalue weighted by Gasteiger charge is -2.42. The van der Waals surface area contributed by atoms with Gasteiger partial charge in [0.05, 0.1) is 16.9 Å². The van der Waals surface area contributed by atoms with E-state index in [0.29, 0.717) is 44.2 Å². The molecule has 2 unspecified atom stereocenters. The van der Waals surface area contributed by atoms with E-state index in [4.69, 9.17) is 20.4 Å². The summed E-state index contributed by atoms with van der Waals surface area (Å²) in [6, 6.07) is 1.32. The standard InChI is InChI=1S/C31H40F4N6O2/c1-6-25(42)40-10-11-41(19(4)15-40)29-22-12-17(2)21(26-27(31(33,34)35)18(3)13-23(36)28(26)32)14-24(22)37-30(38-29)43-16-20-8-7-9-39(20)5/h6,13,17,19-21H,1,7-12,14-16,36H2,2-5H3/t17-,19?,20?,21-/m1/s1. The monoisotopic (exact) mass is 604 g/mol. The minimum absolute atomic E-state index is 0.0813. The van der Waals surface area contributed by atoms with Crippen LogP contribution in [0.4, 0.5) is 29.1 Å². The van der Waals surface area contributed by atoms with Crippen molar-refractivity contribution in [1.29, 1.82) is 0 Å². The molecular weight excluding hydrogens is 564 g/mol. The van der Waals surface area contributed by atoms with Gasteiger partial charge in [-0.25, -0.2) is 4.39 Å². The van der Waals surface area contributed by atoms with Gasteiger partial charge in [-0.15, -0.1) is 0 Å². The predicted octanol–water partition coefficient (Wildman–Crippen LogP) is 4.74. The smallest absolute Gasteiger partial charge is 0.417 e. The van der Waals surface area contributed by atoms with Crippen LogP contribution in [-0.4, -0.2) is 77.6 Å². The number of hydrogen-bond donors (Lipinski definition) is 1. The number of alkyl halides is 3. The highest BCUT2D eigenvalue weighted by atomic mass is 19.4. The summed E-state index contributed by atoms with van der Waals surface area (Å²) in [6.07, 6.45) is -0.960. The van der Waals surface area contributed by atoms with E-state index in [-0.39, 0.29) is 47.6 Å². The Hall–Kier alpha value is -3.41. The minimum atomic E-state index is -4.75. The molecule has 4 atom stereocenters. The molecule has 2 aliphatic heterocycles. The van der Waals surface area contributed by atoms with Crippen molar-refractivity contribution in [2.24, 2.45) is 5.92 Å². The summed E-state index contributed by atoms with van der Waals surface area (Å²) in [4.78, 5) is 27.9. The molecule has 234 valence electrons. The number of carbonyl (C=O) groups excluding carboxylic acids is 1. The lowest BCUT2D eigenvalue weighted by Crippen LogP contribution is -2.54. The Bertz CT molecular complexity index is 1400. The molecule has 2 N–H and O–H groups in total. The Labute approximate surface area is 249 Å². The number of aromatic nitrogens is 2. The lowest BCUT2D eigenvalue weighted by atomic mass is 9.73. The average Bonchev–Trinajstić information content (AvgIpc) is 3.36. The fourth-order valence-corrected chi connectivity index (χ4v) is 6.97. The number of hydrogen-bond acceptors (Lipinski definition) is 7. The third-order valence-electron chi connectivity index (χ3n) is 9.32. The molecule has 0 spiro atoms. The Morgan fingerprint density at radius 3 is 2.58 bits per heavy atom. The van der Waals surface area contributed by atoms with Crippen LogP contribution in [0, 0.1) is 18.7 Å². The van der Waals surface area contributed by atoms with Crippen molar-refractivity contribution in [1.82, 2.24) is 19.8 Å². The third kappa shape index (κ3) is 6.03. The number of nitrogens with two attached hydrogens (primary N) is 1. The molecular formula is C31H40F4N6O2. The van der Waals surface area contributed by atoms with Crippen molar-refractivity contribution in [3.63, 3.8) is 0 Å². The number of amides is 1. The van der Waals surface area contributed by atoms with Gasteiger partial charge in [0.2, 0.25) is 5.91 Å². The Morgan fingerprint density at radius 2 is 1.95 bits per heavy atom. The number of rotatable bonds is 6. The summed E-state index contributed by atoms with van der Waals surface area (Å²) in [5, 5.41) is 0. The molecule has 1 amide bonds. The molecule has 8 nitrogen and oxygen atoms in total. The van der Waals surface area contributed by atoms with Gasteiger partial charge in [0.1, 0.15) is 18.2 Å². The number of ether oxygens (including phenoxy) is 1. The second-order valence-electron chi connectivity index (χ2n) is 12.2. The zero-order chi connectivity index (χ0) is 31.2. The molecule has 43 heavy (non-hydrogen) atoms. The van der Waals surface area contributed by atoms with E-state index in [9.17, 15) is 18.0 Å². The summed E-state index contributed by atoms with van der Waals surface area (Å²) in [7, 11) is 2.04. The predicted molar refractivity (Wildman–Crippen MR) is 157 cm³/mol. The number of piperazine rings is 1. The first kappa shape index (κ1) is 31.0. The van der Waals surface area contributed by atoms with E-state index in [1.165, 1.54) is 13.0 Å². The number of aryl methyl sites for hydroxylation is 1. The van der Waals surface area contributed by atoms with Gasteiger partial charge in [0, 0.05) is 42.8 Å². The number of anilines is 2. The van der Waals surface area contributed by atoms with Gasteiger partial charge in [0.25, 0.3) is 0 Å². The Kier molecular flexibility index (Phi) is 8.61. The number of carbonyl (C=O) groups is 1. The third-order valence-corrected chi connectivity index (χ3v) is 9.32. The zero-order valence-electron chi connectivity index (χ0n) is 25.2. The van der Waals surface area contributed by atoms with Gasteiger partial charge in [0.15, 0.2) is 0 Å². The largest absolute Gasteiger partial charge is 0.462 e. The maximum atomic E-state index is 15.5. The molecule has 0 saturated carbocycles. The van der Waals surface area contributed by atoms with Crippen molar-refractivity contribution in [3.05, 3.63) is 52.5 Å². The fourth-order valence-electron chi connectivity index (χ4n) is 6.97. The van der Waals surface area contributed by atoms with Crippen LogP contribution in [0.15, 0.2) is 18.7 Å². The van der Waals surface area contributed by atoms with Crippen LogP contribution in [0.1, 0.15) is 60.6 Å². The molecule has 2 fully saturated rings. The van der Waals surface area contributed by atoms with Crippen molar-refractivity contribution >= 4 is 17.4 Å². The van der Waals surface area contributed by atoms with Gasteiger partial charge in [-0.05, 0) is 82.7 Å². The van der Waals surface area contributed by atoms with E-state index in [1.807, 2.05) is 20.9 Å². The molecule has 0 radical (unpaired) electrons. The summed E-state index contributed by atoms with van der Waals surface area (Å²) in [5.74, 6) is -1.67. The van der Waals surface area contributed by atoms with Crippen molar-refractivity contribution in [3.8, 4) is 6.01 Å². The van der Waals surface area contributed by atoms with Crippen LogP contribution < -0.4 is 15.4 Å². The molecule has 3 heterocycles. The number of fused-ring (bicyclic) bond motifs is 1. The van der Waals surface area contributed by atoms with Gasteiger partial charge in [-0.1, -0.05) is 13.5 Å². The highest BCUT2D eigenvalue weighted by molar-refractivity contribution is 5.87. The molecule has 12 heteroatoms. The Morgan fingerprint density at radius 1 is 1.21 bits per heavy atom. The highest BCUT2D eigenvalue weighted by Gasteiger charge is 2.43. The van der Waals surface area contributed by atoms with Crippen LogP contribution in [0.3, 0.4) is 0 Å². The number of likely N-dealkylation sites (N-methyl/N-ethyl adjacent to an activating group) is 1. The van der Waals surface area contributed by atoms with Gasteiger partial charge >= 0.3 is 12.2 Å². The van der Waals surface area contributed by atoms with Crippen LogP contribution in [0.2, 0.25) is 0 Å². The van der Waals surface area contributed by atoms with Crippen LogP contribution in [-0.2, 0) is 23.8 Å². The first-order valence-corrected chi connectivity index (χ1v) is 14.9. The molecule has 2 saturated heterocycles. The number of likely N-dealkylation sites (tertiary alicyclic amines) is 1. The molecule has 1 aliphatic carbocycles. The van der Waals surface area contributed by atoms with E-state index in [1.54, 1.807) is 4.90 Å². The first-order valence-electron chi connectivity index (χ1n) is 14.9. The van der Waals surface area contributed by atoms with Gasteiger partial charge in [-0.2, -0.15) is 23.1 Å². The van der Waals surface area contributed by atoms with Gasteiger partial charge in [-0.3, -0.25) is 4.79 Å². The Balaban J connectivity index is 1.56. The van der Waals surface area contributed by atoms with E-state index >= 15 is 4.39 Å². The maximum Gasteiger partial charge on any atom is 0.417 e.